The first-order valence-electron chi connectivity index (χ1n) is 7.81. The van der Waals surface area contributed by atoms with Gasteiger partial charge < -0.3 is 10.0 Å². The number of carbonyl (C=O) groups is 2. The summed E-state index contributed by atoms with van der Waals surface area (Å²) in [6.45, 7) is 4.37. The first-order valence-corrected chi connectivity index (χ1v) is 8.19. The van der Waals surface area contributed by atoms with Crippen molar-refractivity contribution in [2.75, 3.05) is 20.1 Å². The molecule has 1 N–H and O–H groups in total. The lowest BCUT2D eigenvalue weighted by atomic mass is 9.90. The van der Waals surface area contributed by atoms with Crippen LogP contribution in [0.15, 0.2) is 18.2 Å². The van der Waals surface area contributed by atoms with Crippen LogP contribution in [0.4, 0.5) is 4.39 Å². The highest BCUT2D eigenvalue weighted by atomic mass is 35.5. The topological polar surface area (TPSA) is 60.9 Å². The highest BCUT2D eigenvalue weighted by molar-refractivity contribution is 6.31. The fourth-order valence-corrected chi connectivity index (χ4v) is 3.20. The number of amides is 1. The molecule has 1 heterocycles. The van der Waals surface area contributed by atoms with Crippen LogP contribution in [0.2, 0.25) is 5.02 Å². The Kier molecular flexibility index (Phi) is 5.50. The van der Waals surface area contributed by atoms with E-state index in [-0.39, 0.29) is 23.0 Å². The normalized spacial score (nSPS) is 22.4. The number of rotatable bonds is 5. The minimum atomic E-state index is -0.851. The Morgan fingerprint density at radius 1 is 1.50 bits per heavy atom. The molecule has 24 heavy (non-hydrogen) atoms. The fraction of sp³-hybridized carbons (Fsp3) is 0.529. The summed E-state index contributed by atoms with van der Waals surface area (Å²) in [6.07, 6.45) is 0.503. The number of carboxylic acids is 1. The van der Waals surface area contributed by atoms with Crippen molar-refractivity contribution < 1.29 is 19.1 Å². The lowest BCUT2D eigenvalue weighted by Crippen LogP contribution is -2.46. The van der Waals surface area contributed by atoms with Gasteiger partial charge in [-0.05, 0) is 32.4 Å². The zero-order valence-corrected chi connectivity index (χ0v) is 14.8. The van der Waals surface area contributed by atoms with Crippen molar-refractivity contribution in [3.63, 3.8) is 0 Å². The minimum Gasteiger partial charge on any atom is -0.481 e. The van der Waals surface area contributed by atoms with Crippen LogP contribution >= 0.6 is 11.6 Å². The van der Waals surface area contributed by atoms with Gasteiger partial charge in [0, 0.05) is 37.3 Å². The zero-order chi connectivity index (χ0) is 18.1. The molecule has 0 spiro atoms. The summed E-state index contributed by atoms with van der Waals surface area (Å²) in [7, 11) is 1.59. The molecule has 132 valence electrons. The molecule has 0 aliphatic carbocycles. The van der Waals surface area contributed by atoms with Crippen LogP contribution in [-0.4, -0.2) is 53.0 Å². The molecule has 1 aromatic carbocycles. The van der Waals surface area contributed by atoms with Crippen LogP contribution in [0, 0.1) is 11.2 Å². The van der Waals surface area contributed by atoms with E-state index in [0.29, 0.717) is 19.5 Å². The van der Waals surface area contributed by atoms with E-state index in [0.717, 1.165) is 0 Å². The summed E-state index contributed by atoms with van der Waals surface area (Å²) in [5.74, 6) is -1.49. The van der Waals surface area contributed by atoms with Gasteiger partial charge in [-0.25, -0.2) is 4.39 Å². The quantitative estimate of drug-likeness (QED) is 0.881. The molecular weight excluding hydrogens is 335 g/mol. The fourth-order valence-electron chi connectivity index (χ4n) is 2.98. The molecule has 1 fully saturated rings. The second-order valence-corrected chi connectivity index (χ2v) is 7.06. The van der Waals surface area contributed by atoms with Crippen molar-refractivity contribution in [3.05, 3.63) is 34.6 Å². The van der Waals surface area contributed by atoms with Crippen molar-refractivity contribution in [2.24, 2.45) is 5.41 Å². The van der Waals surface area contributed by atoms with Gasteiger partial charge in [0.1, 0.15) is 5.82 Å². The number of carboxylic acid groups (broad SMARTS) is 1. The predicted molar refractivity (Wildman–Crippen MR) is 89.3 cm³/mol. The smallest absolute Gasteiger partial charge is 0.310 e. The van der Waals surface area contributed by atoms with Gasteiger partial charge in [-0.3, -0.25) is 14.5 Å². The molecular formula is C17H22ClFN2O3. The van der Waals surface area contributed by atoms with Crippen LogP contribution in [-0.2, 0) is 16.1 Å². The third-order valence-electron chi connectivity index (χ3n) is 4.76. The Morgan fingerprint density at radius 3 is 2.71 bits per heavy atom. The molecule has 5 nitrogen and oxygen atoms in total. The van der Waals surface area contributed by atoms with Gasteiger partial charge in [-0.2, -0.15) is 0 Å². The minimum absolute atomic E-state index is 0.0682. The Bertz CT molecular complexity index is 634. The summed E-state index contributed by atoms with van der Waals surface area (Å²) in [5.41, 5.74) is -0.555. The number of benzene rings is 1. The Balaban J connectivity index is 2.04. The standard InChI is InChI=1S/C17H22ClFN2O3/c1-11(21-8-7-17(2,10-21)16(23)24)15(22)20(3)9-12-13(18)5-4-6-14(12)19/h4-6,11H,7-10H2,1-3H3,(H,23,24). The maximum atomic E-state index is 13.9. The number of nitrogens with zero attached hydrogens (tertiary/aromatic N) is 2. The summed E-state index contributed by atoms with van der Waals surface area (Å²) in [6, 6.07) is 3.94. The molecule has 2 rings (SSSR count). The van der Waals surface area contributed by atoms with Gasteiger partial charge in [-0.15, -0.1) is 0 Å². The van der Waals surface area contributed by atoms with Crippen molar-refractivity contribution >= 4 is 23.5 Å². The molecule has 1 aliphatic heterocycles. The molecule has 0 aromatic heterocycles. The number of likely N-dealkylation sites (N-methyl/N-ethyl adjacent to an activating group) is 1. The molecule has 2 unspecified atom stereocenters. The SMILES string of the molecule is CC(C(=O)N(C)Cc1c(F)cccc1Cl)N1CCC(C)(C(=O)O)C1. The Morgan fingerprint density at radius 2 is 2.17 bits per heavy atom. The molecule has 0 radical (unpaired) electrons. The maximum absolute atomic E-state index is 13.9. The Labute approximate surface area is 146 Å². The third kappa shape index (κ3) is 3.70. The highest BCUT2D eigenvalue weighted by Crippen LogP contribution is 2.31. The average Bonchev–Trinajstić information content (AvgIpc) is 2.93. The number of aliphatic carboxylic acids is 1. The molecule has 1 aliphatic rings. The second-order valence-electron chi connectivity index (χ2n) is 6.66. The predicted octanol–water partition coefficient (Wildman–Crippen LogP) is 2.62. The first-order chi connectivity index (χ1) is 11.2. The molecule has 0 saturated carbocycles. The summed E-state index contributed by atoms with van der Waals surface area (Å²) in [5, 5.41) is 9.58. The van der Waals surface area contributed by atoms with Gasteiger partial charge >= 0.3 is 5.97 Å². The average molecular weight is 357 g/mol. The molecule has 7 heteroatoms. The van der Waals surface area contributed by atoms with Crippen molar-refractivity contribution in [3.8, 4) is 0 Å². The summed E-state index contributed by atoms with van der Waals surface area (Å²) < 4.78 is 13.9. The van der Waals surface area contributed by atoms with Crippen LogP contribution < -0.4 is 0 Å². The van der Waals surface area contributed by atoms with E-state index in [9.17, 15) is 19.1 Å². The number of halogens is 2. The number of hydrogen-bond acceptors (Lipinski definition) is 3. The van der Waals surface area contributed by atoms with Crippen molar-refractivity contribution in [1.82, 2.24) is 9.80 Å². The molecule has 1 amide bonds. The first kappa shape index (κ1) is 18.7. The van der Waals surface area contributed by atoms with E-state index >= 15 is 0 Å². The molecule has 2 atom stereocenters. The van der Waals surface area contributed by atoms with E-state index in [4.69, 9.17) is 11.6 Å². The maximum Gasteiger partial charge on any atom is 0.310 e. The van der Waals surface area contributed by atoms with E-state index in [1.54, 1.807) is 27.0 Å². The number of hydrogen-bond donors (Lipinski definition) is 1. The van der Waals surface area contributed by atoms with Crippen molar-refractivity contribution in [2.45, 2.75) is 32.9 Å². The Hall–Kier alpha value is -1.66. The second kappa shape index (κ2) is 7.07. The molecule has 1 saturated heterocycles. The van der Waals surface area contributed by atoms with Gasteiger partial charge in [0.2, 0.25) is 5.91 Å². The van der Waals surface area contributed by atoms with Gasteiger partial charge in [0.15, 0.2) is 0 Å². The lowest BCUT2D eigenvalue weighted by molar-refractivity contribution is -0.147. The van der Waals surface area contributed by atoms with E-state index in [2.05, 4.69) is 0 Å². The van der Waals surface area contributed by atoms with Crippen LogP contribution in [0.3, 0.4) is 0 Å². The summed E-state index contributed by atoms with van der Waals surface area (Å²) >= 11 is 6.00. The van der Waals surface area contributed by atoms with Gasteiger partial charge in [0.05, 0.1) is 11.5 Å². The van der Waals surface area contributed by atoms with Crippen molar-refractivity contribution in [1.29, 1.82) is 0 Å². The third-order valence-corrected chi connectivity index (χ3v) is 5.11. The zero-order valence-electron chi connectivity index (χ0n) is 14.1. The van der Waals surface area contributed by atoms with Crippen LogP contribution in [0.1, 0.15) is 25.8 Å². The van der Waals surface area contributed by atoms with Crippen LogP contribution in [0.5, 0.6) is 0 Å². The highest BCUT2D eigenvalue weighted by Gasteiger charge is 2.43. The van der Waals surface area contributed by atoms with Gasteiger partial charge in [-0.1, -0.05) is 17.7 Å². The van der Waals surface area contributed by atoms with E-state index < -0.39 is 23.2 Å². The van der Waals surface area contributed by atoms with Crippen LogP contribution in [0.25, 0.3) is 0 Å². The van der Waals surface area contributed by atoms with E-state index in [1.165, 1.54) is 17.0 Å². The number of likely N-dealkylation sites (tertiary alicyclic amines) is 1. The monoisotopic (exact) mass is 356 g/mol. The molecule has 0 bridgehead atoms. The largest absolute Gasteiger partial charge is 0.481 e. The number of carbonyl (C=O) groups excluding carboxylic acids is 1. The summed E-state index contributed by atoms with van der Waals surface area (Å²) in [4.78, 5) is 27.2. The molecule has 1 aromatic rings. The van der Waals surface area contributed by atoms with E-state index in [1.807, 2.05) is 4.90 Å². The van der Waals surface area contributed by atoms with Gasteiger partial charge in [0.25, 0.3) is 0 Å². The lowest BCUT2D eigenvalue weighted by Gasteiger charge is -2.29.